The summed E-state index contributed by atoms with van der Waals surface area (Å²) in [5.74, 6) is 0.600. The van der Waals surface area contributed by atoms with E-state index in [1.807, 2.05) is 6.07 Å². The number of alkyl halides is 2. The van der Waals surface area contributed by atoms with E-state index in [2.05, 4.69) is 20.2 Å². The quantitative estimate of drug-likeness (QED) is 0.579. The molecule has 3 aromatic rings. The summed E-state index contributed by atoms with van der Waals surface area (Å²) in [5.41, 5.74) is 1.85. The summed E-state index contributed by atoms with van der Waals surface area (Å²) < 4.78 is 39.5. The summed E-state index contributed by atoms with van der Waals surface area (Å²) in [6, 6.07) is 11.4. The lowest BCUT2D eigenvalue weighted by Crippen LogP contribution is -2.03. The van der Waals surface area contributed by atoms with Crippen molar-refractivity contribution in [1.29, 1.82) is 0 Å². The molecule has 0 amide bonds. The van der Waals surface area contributed by atoms with Crippen LogP contribution in [0.5, 0.6) is 11.5 Å². The minimum Gasteiger partial charge on any atom is -0.493 e. The first-order valence-corrected chi connectivity index (χ1v) is 8.27. The molecule has 0 bridgehead atoms. The van der Waals surface area contributed by atoms with Gasteiger partial charge in [-0.05, 0) is 37.3 Å². The van der Waals surface area contributed by atoms with Crippen molar-refractivity contribution >= 4 is 11.5 Å². The summed E-state index contributed by atoms with van der Waals surface area (Å²) in [6.07, 6.45) is 0. The summed E-state index contributed by atoms with van der Waals surface area (Å²) in [7, 11) is 1.35. The van der Waals surface area contributed by atoms with Crippen molar-refractivity contribution < 1.29 is 27.6 Å². The predicted octanol–water partition coefficient (Wildman–Crippen LogP) is 4.16. The number of ether oxygens (including phenoxy) is 2. The second kappa shape index (κ2) is 8.47. The lowest BCUT2D eigenvalue weighted by molar-refractivity contribution is -0.0512. The molecular weight excluding hydrogens is 372 g/mol. The number of halogens is 2. The molecule has 7 nitrogen and oxygen atoms in total. The lowest BCUT2D eigenvalue weighted by atomic mass is 10.1. The van der Waals surface area contributed by atoms with Crippen LogP contribution in [0.15, 0.2) is 47.0 Å². The number of benzene rings is 2. The van der Waals surface area contributed by atoms with Gasteiger partial charge in [0.15, 0.2) is 17.3 Å². The van der Waals surface area contributed by atoms with Crippen LogP contribution >= 0.6 is 0 Å². The van der Waals surface area contributed by atoms with Crippen LogP contribution in [-0.2, 0) is 6.54 Å². The van der Waals surface area contributed by atoms with Crippen molar-refractivity contribution in [1.82, 2.24) is 10.1 Å². The maximum Gasteiger partial charge on any atom is 0.387 e. The van der Waals surface area contributed by atoms with E-state index in [9.17, 15) is 13.6 Å². The molecule has 146 valence electrons. The van der Waals surface area contributed by atoms with E-state index in [4.69, 9.17) is 9.26 Å². The van der Waals surface area contributed by atoms with Crippen molar-refractivity contribution in [3.05, 3.63) is 53.9 Å². The molecule has 0 radical (unpaired) electrons. The Hall–Kier alpha value is -3.49. The highest BCUT2D eigenvalue weighted by molar-refractivity contribution is 5.94. The highest BCUT2D eigenvalue weighted by Gasteiger charge is 2.15. The Morgan fingerprint density at radius 2 is 2.04 bits per heavy atom. The highest BCUT2D eigenvalue weighted by atomic mass is 19.3. The van der Waals surface area contributed by atoms with E-state index in [0.29, 0.717) is 17.0 Å². The average molecular weight is 389 g/mol. The van der Waals surface area contributed by atoms with Gasteiger partial charge in [-0.15, -0.1) is 0 Å². The minimum atomic E-state index is -2.95. The molecule has 0 atom stereocenters. The first kappa shape index (κ1) is 19.3. The number of aromatic nitrogens is 2. The Kier molecular flexibility index (Phi) is 5.83. The van der Waals surface area contributed by atoms with E-state index in [1.54, 1.807) is 18.2 Å². The molecule has 0 aliphatic rings. The number of nitrogens with one attached hydrogen (secondary N) is 1. The van der Waals surface area contributed by atoms with Gasteiger partial charge in [-0.25, -0.2) is 0 Å². The number of methoxy groups -OCH3 is 1. The fraction of sp³-hybridized carbons (Fsp3) is 0.211. The molecule has 9 heteroatoms. The van der Waals surface area contributed by atoms with E-state index < -0.39 is 6.61 Å². The zero-order valence-corrected chi connectivity index (χ0v) is 15.1. The average Bonchev–Trinajstić information content (AvgIpc) is 3.15. The van der Waals surface area contributed by atoms with Gasteiger partial charge in [0.2, 0.25) is 11.7 Å². The van der Waals surface area contributed by atoms with Crippen LogP contribution in [-0.4, -0.2) is 29.6 Å². The highest BCUT2D eigenvalue weighted by Crippen LogP contribution is 2.32. The van der Waals surface area contributed by atoms with Crippen molar-refractivity contribution in [2.24, 2.45) is 0 Å². The Morgan fingerprint density at radius 3 is 2.75 bits per heavy atom. The first-order chi connectivity index (χ1) is 13.5. The topological polar surface area (TPSA) is 86.5 Å². The van der Waals surface area contributed by atoms with Crippen LogP contribution < -0.4 is 14.8 Å². The van der Waals surface area contributed by atoms with Crippen LogP contribution in [0.4, 0.5) is 14.5 Å². The van der Waals surface area contributed by atoms with E-state index in [0.717, 1.165) is 5.69 Å². The third-order valence-electron chi connectivity index (χ3n) is 3.82. The Bertz CT molecular complexity index is 975. The number of nitrogens with zero attached hydrogens (tertiary/aromatic N) is 2. The lowest BCUT2D eigenvalue weighted by Gasteiger charge is -2.10. The van der Waals surface area contributed by atoms with Crippen LogP contribution in [0.1, 0.15) is 23.2 Å². The van der Waals surface area contributed by atoms with E-state index in [1.165, 1.54) is 32.2 Å². The van der Waals surface area contributed by atoms with Gasteiger partial charge in [-0.3, -0.25) is 4.79 Å². The van der Waals surface area contributed by atoms with Gasteiger partial charge < -0.3 is 19.3 Å². The number of hydrogen-bond donors (Lipinski definition) is 1. The Balaban J connectivity index is 1.72. The fourth-order valence-electron chi connectivity index (χ4n) is 2.47. The van der Waals surface area contributed by atoms with Crippen molar-refractivity contribution in [3.63, 3.8) is 0 Å². The van der Waals surface area contributed by atoms with Gasteiger partial charge in [0, 0.05) is 16.8 Å². The normalized spacial score (nSPS) is 10.8. The van der Waals surface area contributed by atoms with Crippen LogP contribution in [0.3, 0.4) is 0 Å². The van der Waals surface area contributed by atoms with Crippen molar-refractivity contribution in [3.8, 4) is 22.9 Å². The van der Waals surface area contributed by atoms with Gasteiger partial charge >= 0.3 is 6.61 Å². The van der Waals surface area contributed by atoms with Crippen LogP contribution in [0, 0.1) is 0 Å². The fourth-order valence-corrected chi connectivity index (χ4v) is 2.47. The molecular formula is C19H17F2N3O4. The summed E-state index contributed by atoms with van der Waals surface area (Å²) in [6.45, 7) is -1.21. The first-order valence-electron chi connectivity index (χ1n) is 8.27. The second-order valence-corrected chi connectivity index (χ2v) is 5.75. The molecule has 28 heavy (non-hydrogen) atoms. The zero-order valence-electron chi connectivity index (χ0n) is 15.1. The second-order valence-electron chi connectivity index (χ2n) is 5.75. The molecule has 2 aromatic carbocycles. The number of rotatable bonds is 8. The minimum absolute atomic E-state index is 0.0306. The summed E-state index contributed by atoms with van der Waals surface area (Å²) in [4.78, 5) is 15.7. The zero-order chi connectivity index (χ0) is 20.1. The van der Waals surface area contributed by atoms with E-state index in [-0.39, 0.29) is 29.7 Å². The van der Waals surface area contributed by atoms with Gasteiger partial charge in [0.1, 0.15) is 0 Å². The third kappa shape index (κ3) is 4.61. The van der Waals surface area contributed by atoms with Crippen LogP contribution in [0.2, 0.25) is 0 Å². The maximum absolute atomic E-state index is 12.4. The molecule has 0 saturated heterocycles. The molecule has 1 N–H and O–H groups in total. The number of carbonyl (C=O) groups excluding carboxylic acids is 1. The summed E-state index contributed by atoms with van der Waals surface area (Å²) in [5, 5.41) is 6.98. The van der Waals surface area contributed by atoms with Crippen molar-refractivity contribution in [2.75, 3.05) is 12.4 Å². The van der Waals surface area contributed by atoms with Crippen LogP contribution in [0.25, 0.3) is 11.4 Å². The standard InChI is InChI=1S/C19H17F2N3O4/c1-11(25)12-4-3-5-14(8-12)22-10-17-23-18(24-28-17)13-6-7-15(27-19(20)21)16(9-13)26-2/h3-9,19,22H,10H2,1-2H3. The number of anilines is 1. The third-order valence-corrected chi connectivity index (χ3v) is 3.82. The van der Waals surface area contributed by atoms with Gasteiger partial charge in [-0.2, -0.15) is 13.8 Å². The number of ketones is 1. The van der Waals surface area contributed by atoms with Gasteiger partial charge in [0.25, 0.3) is 0 Å². The smallest absolute Gasteiger partial charge is 0.387 e. The van der Waals surface area contributed by atoms with Gasteiger partial charge in [-0.1, -0.05) is 17.3 Å². The molecule has 1 aromatic heterocycles. The Labute approximate surface area is 159 Å². The molecule has 3 rings (SSSR count). The van der Waals surface area contributed by atoms with E-state index >= 15 is 0 Å². The maximum atomic E-state index is 12.4. The number of Topliss-reactive ketones (excluding diaryl/α,β-unsaturated/α-hetero) is 1. The molecule has 0 unspecified atom stereocenters. The number of hydrogen-bond acceptors (Lipinski definition) is 7. The Morgan fingerprint density at radius 1 is 1.21 bits per heavy atom. The van der Waals surface area contributed by atoms with Gasteiger partial charge in [0.05, 0.1) is 13.7 Å². The largest absolute Gasteiger partial charge is 0.493 e. The number of carbonyl (C=O) groups is 1. The SMILES string of the molecule is COc1cc(-c2noc(CNc3cccc(C(C)=O)c3)n2)ccc1OC(F)F. The molecule has 0 aliphatic carbocycles. The molecule has 0 saturated carbocycles. The molecule has 0 fully saturated rings. The molecule has 0 spiro atoms. The monoisotopic (exact) mass is 389 g/mol. The predicted molar refractivity (Wildman–Crippen MR) is 96.7 cm³/mol. The summed E-state index contributed by atoms with van der Waals surface area (Å²) >= 11 is 0. The van der Waals surface area contributed by atoms with Crippen molar-refractivity contribution in [2.45, 2.75) is 20.1 Å². The molecule has 1 heterocycles. The molecule has 0 aliphatic heterocycles.